The Bertz CT molecular complexity index is 1550. The molecule has 0 unspecified atom stereocenters. The molecule has 0 saturated carbocycles. The van der Waals surface area contributed by atoms with Crippen LogP contribution in [0.4, 0.5) is 4.79 Å². The summed E-state index contributed by atoms with van der Waals surface area (Å²) in [5.74, 6) is -0.349. The number of fused-ring (bicyclic) bond motifs is 1. The third kappa shape index (κ3) is 4.25. The monoisotopic (exact) mass is 501 g/mol. The summed E-state index contributed by atoms with van der Waals surface area (Å²) < 4.78 is 33.1. The van der Waals surface area contributed by atoms with Crippen LogP contribution >= 0.6 is 0 Å². The molecule has 9 heteroatoms. The van der Waals surface area contributed by atoms with Crippen LogP contribution in [-0.2, 0) is 14.8 Å². The van der Waals surface area contributed by atoms with Gasteiger partial charge in [-0.3, -0.25) is 4.79 Å². The lowest BCUT2D eigenvalue weighted by atomic mass is 10.1. The van der Waals surface area contributed by atoms with Gasteiger partial charge in [-0.05, 0) is 35.9 Å². The highest BCUT2D eigenvalue weighted by Crippen LogP contribution is 2.33. The molecule has 1 aromatic heterocycles. The lowest BCUT2D eigenvalue weighted by Gasteiger charge is -2.38. The van der Waals surface area contributed by atoms with Gasteiger partial charge in [0.1, 0.15) is 0 Å². The summed E-state index contributed by atoms with van der Waals surface area (Å²) >= 11 is 0. The summed E-state index contributed by atoms with van der Waals surface area (Å²) in [6.45, 7) is 4.00. The molecule has 0 atom stereocenters. The molecule has 1 aliphatic heterocycles. The van der Waals surface area contributed by atoms with Gasteiger partial charge in [0.05, 0.1) is 22.7 Å². The first-order valence-electron chi connectivity index (χ1n) is 11.3. The predicted molar refractivity (Wildman–Crippen MR) is 136 cm³/mol. The number of nitrogens with one attached hydrogen (secondary N) is 1. The number of aromatic nitrogens is 1. The molecular formula is C27H23N3O5S. The fourth-order valence-corrected chi connectivity index (χ4v) is 5.59. The lowest BCUT2D eigenvalue weighted by Crippen LogP contribution is -2.60. The van der Waals surface area contributed by atoms with Gasteiger partial charge in [-0.25, -0.2) is 17.2 Å². The van der Waals surface area contributed by atoms with Crippen LogP contribution < -0.4 is 5.32 Å². The van der Waals surface area contributed by atoms with Crippen molar-refractivity contribution in [1.29, 1.82) is 0 Å². The Balaban J connectivity index is 1.36. The maximum Gasteiger partial charge on any atom is 0.414 e. The van der Waals surface area contributed by atoms with E-state index in [2.05, 4.69) is 11.9 Å². The SMILES string of the molecule is C=COC(=O)N1CC(NC(=O)c2ccc(S(=O)(=O)n3cc(-c4ccccc4)c4ccccc43)cc2)C1. The van der Waals surface area contributed by atoms with Crippen LogP contribution in [0.5, 0.6) is 0 Å². The summed E-state index contributed by atoms with van der Waals surface area (Å²) in [6.07, 6.45) is 2.18. The van der Waals surface area contributed by atoms with Gasteiger partial charge in [-0.1, -0.05) is 55.1 Å². The van der Waals surface area contributed by atoms with E-state index in [1.807, 2.05) is 42.5 Å². The number of hydrogen-bond donors (Lipinski definition) is 1. The fourth-order valence-electron chi connectivity index (χ4n) is 4.22. The van der Waals surface area contributed by atoms with E-state index in [-0.39, 0.29) is 16.8 Å². The van der Waals surface area contributed by atoms with Gasteiger partial charge in [-0.2, -0.15) is 0 Å². The zero-order valence-corrected chi connectivity index (χ0v) is 20.0. The minimum Gasteiger partial charge on any atom is -0.419 e. The van der Waals surface area contributed by atoms with E-state index in [0.717, 1.165) is 22.8 Å². The average molecular weight is 502 g/mol. The molecule has 36 heavy (non-hydrogen) atoms. The summed E-state index contributed by atoms with van der Waals surface area (Å²) in [6, 6.07) is 22.6. The van der Waals surface area contributed by atoms with E-state index in [1.54, 1.807) is 18.3 Å². The van der Waals surface area contributed by atoms with Gasteiger partial charge < -0.3 is 15.0 Å². The van der Waals surface area contributed by atoms with Crippen LogP contribution in [0.15, 0.2) is 103 Å². The molecular weight excluding hydrogens is 478 g/mol. The molecule has 4 aromatic rings. The molecule has 1 N–H and O–H groups in total. The molecule has 5 rings (SSSR count). The van der Waals surface area contributed by atoms with E-state index >= 15 is 0 Å². The normalized spacial score (nSPS) is 13.7. The van der Waals surface area contributed by atoms with Crippen LogP contribution in [0.1, 0.15) is 10.4 Å². The highest BCUT2D eigenvalue weighted by Gasteiger charge is 2.32. The Morgan fingerprint density at radius 3 is 2.31 bits per heavy atom. The summed E-state index contributed by atoms with van der Waals surface area (Å²) in [7, 11) is -3.92. The molecule has 2 amide bonds. The number of amides is 2. The number of hydrogen-bond acceptors (Lipinski definition) is 5. The van der Waals surface area contributed by atoms with Crippen molar-refractivity contribution in [1.82, 2.24) is 14.2 Å². The van der Waals surface area contributed by atoms with Crippen molar-refractivity contribution in [3.8, 4) is 11.1 Å². The zero-order chi connectivity index (χ0) is 25.3. The third-order valence-electron chi connectivity index (χ3n) is 6.10. The highest BCUT2D eigenvalue weighted by atomic mass is 32.2. The highest BCUT2D eigenvalue weighted by molar-refractivity contribution is 7.90. The van der Waals surface area contributed by atoms with Gasteiger partial charge >= 0.3 is 6.09 Å². The number of nitrogens with zero attached hydrogens (tertiary/aromatic N) is 2. The number of rotatable bonds is 6. The molecule has 3 aromatic carbocycles. The Morgan fingerprint density at radius 2 is 1.61 bits per heavy atom. The molecule has 8 nitrogen and oxygen atoms in total. The second-order valence-corrected chi connectivity index (χ2v) is 10.2. The minimum atomic E-state index is -3.92. The topological polar surface area (TPSA) is 97.7 Å². The van der Waals surface area contributed by atoms with Crippen molar-refractivity contribution in [2.45, 2.75) is 10.9 Å². The quantitative estimate of drug-likeness (QED) is 0.399. The van der Waals surface area contributed by atoms with Crippen LogP contribution in [0.25, 0.3) is 22.0 Å². The largest absolute Gasteiger partial charge is 0.419 e. The number of para-hydroxylation sites is 1. The van der Waals surface area contributed by atoms with Crippen molar-refractivity contribution in [2.24, 2.45) is 0 Å². The van der Waals surface area contributed by atoms with Gasteiger partial charge in [0.2, 0.25) is 0 Å². The molecule has 0 radical (unpaired) electrons. The second kappa shape index (κ2) is 9.35. The molecule has 2 heterocycles. The number of likely N-dealkylation sites (tertiary alicyclic amines) is 1. The van der Waals surface area contributed by atoms with Crippen LogP contribution in [0.3, 0.4) is 0 Å². The second-order valence-electron chi connectivity index (χ2n) is 8.38. The Hall–Kier alpha value is -4.37. The first-order chi connectivity index (χ1) is 17.4. The number of carbonyl (C=O) groups is 2. The third-order valence-corrected chi connectivity index (χ3v) is 7.78. The van der Waals surface area contributed by atoms with E-state index < -0.39 is 16.1 Å². The van der Waals surface area contributed by atoms with Crippen molar-refractivity contribution in [2.75, 3.05) is 13.1 Å². The first kappa shape index (κ1) is 23.4. The zero-order valence-electron chi connectivity index (χ0n) is 19.2. The van der Waals surface area contributed by atoms with Crippen molar-refractivity contribution < 1.29 is 22.7 Å². The van der Waals surface area contributed by atoms with E-state index in [1.165, 1.54) is 33.1 Å². The number of benzene rings is 3. The Kier molecular flexibility index (Phi) is 6.07. The van der Waals surface area contributed by atoms with Gasteiger partial charge in [0.15, 0.2) is 0 Å². The van der Waals surface area contributed by atoms with Crippen molar-refractivity contribution in [3.63, 3.8) is 0 Å². The maximum absolute atomic E-state index is 13.6. The van der Waals surface area contributed by atoms with E-state index in [9.17, 15) is 18.0 Å². The minimum absolute atomic E-state index is 0.0707. The maximum atomic E-state index is 13.6. The fraction of sp³-hybridized carbons (Fsp3) is 0.111. The van der Waals surface area contributed by atoms with Crippen molar-refractivity contribution in [3.05, 3.63) is 103 Å². The van der Waals surface area contributed by atoms with Crippen molar-refractivity contribution >= 4 is 32.9 Å². The Morgan fingerprint density at radius 1 is 0.944 bits per heavy atom. The number of carbonyl (C=O) groups excluding carboxylic acids is 2. The van der Waals surface area contributed by atoms with E-state index in [4.69, 9.17) is 4.74 Å². The van der Waals surface area contributed by atoms with Crippen LogP contribution in [0, 0.1) is 0 Å². The van der Waals surface area contributed by atoms with Crippen LogP contribution in [-0.4, -0.2) is 48.4 Å². The molecule has 0 bridgehead atoms. The number of ether oxygens (including phenoxy) is 1. The molecule has 0 spiro atoms. The summed E-state index contributed by atoms with van der Waals surface area (Å²) in [5, 5.41) is 3.65. The van der Waals surface area contributed by atoms with Gasteiger partial charge in [0, 0.05) is 35.8 Å². The summed E-state index contributed by atoms with van der Waals surface area (Å²) in [5.41, 5.74) is 2.63. The Labute approximate surface area is 208 Å². The molecule has 1 fully saturated rings. The lowest BCUT2D eigenvalue weighted by molar-refractivity contribution is 0.0747. The predicted octanol–water partition coefficient (Wildman–Crippen LogP) is 4.24. The summed E-state index contributed by atoms with van der Waals surface area (Å²) in [4.78, 5) is 25.7. The van der Waals surface area contributed by atoms with Gasteiger partial charge in [0.25, 0.3) is 15.9 Å². The standard InChI is InChI=1S/C27H23N3O5S/c1-2-35-27(32)29-16-21(17-29)28-26(31)20-12-14-22(15-13-20)36(33,34)30-18-24(19-8-4-3-5-9-19)23-10-6-7-11-25(23)30/h2-15,18,21H,1,16-17H2,(H,28,31). The molecule has 0 aliphatic carbocycles. The first-order valence-corrected chi connectivity index (χ1v) is 12.7. The molecule has 1 aliphatic rings. The van der Waals surface area contributed by atoms with Gasteiger partial charge in [-0.15, -0.1) is 0 Å². The average Bonchev–Trinajstić information content (AvgIpc) is 3.27. The van der Waals surface area contributed by atoms with Crippen LogP contribution in [0.2, 0.25) is 0 Å². The smallest absolute Gasteiger partial charge is 0.414 e. The van der Waals surface area contributed by atoms with E-state index in [0.29, 0.717) is 24.2 Å². The molecule has 1 saturated heterocycles. The molecule has 182 valence electrons.